The van der Waals surface area contributed by atoms with E-state index in [1.54, 1.807) is 24.3 Å². The van der Waals surface area contributed by atoms with Crippen molar-refractivity contribution in [3.8, 4) is 5.69 Å². The van der Waals surface area contributed by atoms with Crippen molar-refractivity contribution in [2.24, 2.45) is 0 Å². The predicted molar refractivity (Wildman–Crippen MR) is 80.2 cm³/mol. The molecule has 2 heterocycles. The van der Waals surface area contributed by atoms with E-state index in [1.165, 1.54) is 0 Å². The summed E-state index contributed by atoms with van der Waals surface area (Å²) in [6.07, 6.45) is 3.48. The van der Waals surface area contributed by atoms with E-state index in [-0.39, 0.29) is 0 Å². The molecule has 1 aromatic carbocycles. The van der Waals surface area contributed by atoms with Crippen molar-refractivity contribution in [2.45, 2.75) is 10.9 Å². The quantitative estimate of drug-likeness (QED) is 0.691. The molecule has 0 unspecified atom stereocenters. The van der Waals surface area contributed by atoms with Gasteiger partial charge in [-0.15, -0.1) is 10.2 Å². The average Bonchev–Trinajstić information content (AvgIpc) is 2.95. The maximum Gasteiger partial charge on any atom is 0.195 e. The van der Waals surface area contributed by atoms with Gasteiger partial charge in [0, 0.05) is 17.0 Å². The number of rotatable bonds is 4. The second kappa shape index (κ2) is 6.07. The molecule has 3 aromatic rings. The van der Waals surface area contributed by atoms with Crippen molar-refractivity contribution in [2.75, 3.05) is 0 Å². The fraction of sp³-hybridized carbons (Fsp3) is 0.0714. The van der Waals surface area contributed by atoms with Crippen LogP contribution in [0, 0.1) is 0 Å². The van der Waals surface area contributed by atoms with Crippen LogP contribution in [-0.4, -0.2) is 19.7 Å². The molecule has 0 aliphatic heterocycles. The molecular formula is C14H11ClN4S. The first-order chi connectivity index (χ1) is 9.83. The van der Waals surface area contributed by atoms with Crippen LogP contribution in [0.15, 0.2) is 60.1 Å². The zero-order valence-corrected chi connectivity index (χ0v) is 12.1. The topological polar surface area (TPSA) is 43.6 Å². The van der Waals surface area contributed by atoms with Crippen molar-refractivity contribution in [1.82, 2.24) is 19.7 Å². The molecule has 0 saturated heterocycles. The summed E-state index contributed by atoms with van der Waals surface area (Å²) < 4.78 is 1.92. The molecule has 0 spiro atoms. The Hall–Kier alpha value is -1.85. The lowest BCUT2D eigenvalue weighted by Crippen LogP contribution is -1.95. The third kappa shape index (κ3) is 3.00. The van der Waals surface area contributed by atoms with Crippen LogP contribution >= 0.6 is 23.4 Å². The Morgan fingerprint density at radius 3 is 2.90 bits per heavy atom. The molecule has 3 rings (SSSR count). The first kappa shape index (κ1) is 13.1. The Kier molecular flexibility index (Phi) is 3.99. The van der Waals surface area contributed by atoms with Crippen LogP contribution < -0.4 is 0 Å². The summed E-state index contributed by atoms with van der Waals surface area (Å²) in [4.78, 5) is 4.30. The van der Waals surface area contributed by atoms with Gasteiger partial charge in [-0.05, 0) is 30.3 Å². The summed E-state index contributed by atoms with van der Waals surface area (Å²) in [6.45, 7) is 0. The molecule has 2 aromatic heterocycles. The van der Waals surface area contributed by atoms with Crippen LogP contribution in [0.1, 0.15) is 5.69 Å². The third-order valence-electron chi connectivity index (χ3n) is 2.68. The smallest absolute Gasteiger partial charge is 0.195 e. The summed E-state index contributed by atoms with van der Waals surface area (Å²) in [5.41, 5.74) is 1.96. The van der Waals surface area contributed by atoms with Crippen molar-refractivity contribution < 1.29 is 0 Å². The number of thioether (sulfide) groups is 1. The highest BCUT2D eigenvalue weighted by molar-refractivity contribution is 7.98. The number of halogens is 1. The van der Waals surface area contributed by atoms with E-state index < -0.39 is 0 Å². The van der Waals surface area contributed by atoms with E-state index in [0.717, 1.165) is 22.3 Å². The minimum atomic E-state index is 0.692. The molecule has 0 amide bonds. The SMILES string of the molecule is Clc1cccc(-n2cnnc2SCc2ccccn2)c1. The van der Waals surface area contributed by atoms with E-state index in [9.17, 15) is 0 Å². The van der Waals surface area contributed by atoms with Crippen LogP contribution in [0.5, 0.6) is 0 Å². The summed E-state index contributed by atoms with van der Waals surface area (Å²) in [7, 11) is 0. The molecule has 0 fully saturated rings. The van der Waals surface area contributed by atoms with Crippen LogP contribution in [0.2, 0.25) is 5.02 Å². The Balaban J connectivity index is 1.80. The number of pyridine rings is 1. The number of hydrogen-bond donors (Lipinski definition) is 0. The highest BCUT2D eigenvalue weighted by atomic mass is 35.5. The van der Waals surface area contributed by atoms with Gasteiger partial charge in [0.05, 0.1) is 11.4 Å². The zero-order chi connectivity index (χ0) is 13.8. The van der Waals surface area contributed by atoms with Crippen LogP contribution in [0.3, 0.4) is 0 Å². The molecule has 0 aliphatic carbocycles. The van der Waals surface area contributed by atoms with E-state index in [1.807, 2.05) is 47.0 Å². The minimum Gasteiger partial charge on any atom is -0.277 e. The normalized spacial score (nSPS) is 10.7. The van der Waals surface area contributed by atoms with E-state index >= 15 is 0 Å². The lowest BCUT2D eigenvalue weighted by atomic mass is 10.3. The Morgan fingerprint density at radius 1 is 1.15 bits per heavy atom. The zero-order valence-electron chi connectivity index (χ0n) is 10.5. The molecule has 0 bridgehead atoms. The van der Waals surface area contributed by atoms with Crippen LogP contribution in [-0.2, 0) is 5.75 Å². The minimum absolute atomic E-state index is 0.692. The first-order valence-corrected chi connectivity index (χ1v) is 7.38. The average molecular weight is 303 g/mol. The van der Waals surface area contributed by atoms with Crippen molar-refractivity contribution in [3.63, 3.8) is 0 Å². The number of benzene rings is 1. The van der Waals surface area contributed by atoms with Gasteiger partial charge in [-0.1, -0.05) is 35.5 Å². The molecular weight excluding hydrogens is 292 g/mol. The molecule has 0 aliphatic rings. The third-order valence-corrected chi connectivity index (χ3v) is 3.89. The molecule has 0 N–H and O–H groups in total. The molecule has 0 radical (unpaired) electrons. The summed E-state index contributed by atoms with van der Waals surface area (Å²) in [5.74, 6) is 0.750. The van der Waals surface area contributed by atoms with E-state index in [0.29, 0.717) is 5.02 Å². The highest BCUT2D eigenvalue weighted by Crippen LogP contribution is 2.23. The van der Waals surface area contributed by atoms with Crippen LogP contribution in [0.4, 0.5) is 0 Å². The molecule has 4 nitrogen and oxygen atoms in total. The molecule has 6 heteroatoms. The van der Waals surface area contributed by atoms with Gasteiger partial charge in [-0.2, -0.15) is 0 Å². The highest BCUT2D eigenvalue weighted by Gasteiger charge is 2.08. The molecule has 0 saturated carbocycles. The second-order valence-electron chi connectivity index (χ2n) is 4.07. The summed E-state index contributed by atoms with van der Waals surface area (Å²) in [5, 5.41) is 9.62. The van der Waals surface area contributed by atoms with Crippen LogP contribution in [0.25, 0.3) is 5.69 Å². The van der Waals surface area contributed by atoms with Gasteiger partial charge >= 0.3 is 0 Å². The lowest BCUT2D eigenvalue weighted by Gasteiger charge is -2.06. The van der Waals surface area contributed by atoms with Gasteiger partial charge in [-0.3, -0.25) is 9.55 Å². The van der Waals surface area contributed by atoms with Gasteiger partial charge in [0.15, 0.2) is 5.16 Å². The molecule has 20 heavy (non-hydrogen) atoms. The van der Waals surface area contributed by atoms with Gasteiger partial charge < -0.3 is 0 Å². The van der Waals surface area contributed by atoms with Crippen molar-refractivity contribution in [3.05, 3.63) is 65.7 Å². The number of hydrogen-bond acceptors (Lipinski definition) is 4. The van der Waals surface area contributed by atoms with Crippen molar-refractivity contribution in [1.29, 1.82) is 0 Å². The summed E-state index contributed by atoms with van der Waals surface area (Å²) in [6, 6.07) is 13.5. The Morgan fingerprint density at radius 2 is 2.10 bits per heavy atom. The number of nitrogens with zero attached hydrogens (tertiary/aromatic N) is 4. The Labute approximate surface area is 125 Å². The largest absolute Gasteiger partial charge is 0.277 e. The fourth-order valence-electron chi connectivity index (χ4n) is 1.75. The number of aromatic nitrogens is 4. The fourth-order valence-corrected chi connectivity index (χ4v) is 2.78. The van der Waals surface area contributed by atoms with Gasteiger partial charge in [-0.25, -0.2) is 0 Å². The van der Waals surface area contributed by atoms with Gasteiger partial charge in [0.25, 0.3) is 0 Å². The standard InChI is InChI=1S/C14H11ClN4S/c15-11-4-3-6-13(8-11)19-10-17-18-14(19)20-9-12-5-1-2-7-16-12/h1-8,10H,9H2. The monoisotopic (exact) mass is 302 g/mol. The maximum atomic E-state index is 6.02. The van der Waals surface area contributed by atoms with E-state index in [2.05, 4.69) is 15.2 Å². The first-order valence-electron chi connectivity index (χ1n) is 6.01. The molecule has 100 valence electrons. The van der Waals surface area contributed by atoms with Gasteiger partial charge in [0.1, 0.15) is 6.33 Å². The predicted octanol–water partition coefficient (Wildman–Crippen LogP) is 3.61. The van der Waals surface area contributed by atoms with Crippen molar-refractivity contribution >= 4 is 23.4 Å². The Bertz CT molecular complexity index is 699. The summed E-state index contributed by atoms with van der Waals surface area (Å²) >= 11 is 7.61. The van der Waals surface area contributed by atoms with Gasteiger partial charge in [0.2, 0.25) is 0 Å². The molecule has 0 atom stereocenters. The van der Waals surface area contributed by atoms with E-state index in [4.69, 9.17) is 11.6 Å². The maximum absolute atomic E-state index is 6.02. The second-order valence-corrected chi connectivity index (χ2v) is 5.45. The lowest BCUT2D eigenvalue weighted by molar-refractivity contribution is 0.883.